The first-order valence-electron chi connectivity index (χ1n) is 9.91. The van der Waals surface area contributed by atoms with Crippen molar-refractivity contribution in [1.29, 1.82) is 0 Å². The molecule has 0 aliphatic carbocycles. The van der Waals surface area contributed by atoms with Crippen molar-refractivity contribution in [2.45, 2.75) is 32.2 Å². The number of benzene rings is 1. The van der Waals surface area contributed by atoms with Crippen molar-refractivity contribution in [1.82, 2.24) is 4.90 Å². The van der Waals surface area contributed by atoms with Gasteiger partial charge in [0.25, 0.3) is 0 Å². The van der Waals surface area contributed by atoms with E-state index in [1.807, 2.05) is 18.2 Å². The number of esters is 2. The zero-order chi connectivity index (χ0) is 20.2. The highest BCUT2D eigenvalue weighted by Crippen LogP contribution is 2.26. The lowest BCUT2D eigenvalue weighted by atomic mass is 9.98. The molecule has 2 atom stereocenters. The van der Waals surface area contributed by atoms with Crippen LogP contribution in [0.5, 0.6) is 0 Å². The fourth-order valence-electron chi connectivity index (χ4n) is 3.37. The Labute approximate surface area is 168 Å². The molecule has 1 aliphatic heterocycles. The van der Waals surface area contributed by atoms with E-state index in [0.717, 1.165) is 19.6 Å². The molecule has 0 N–H and O–H groups in total. The molecule has 0 amide bonds. The van der Waals surface area contributed by atoms with Crippen molar-refractivity contribution >= 4 is 11.9 Å². The molecular weight excluding hydrogens is 354 g/mol. The minimum absolute atomic E-state index is 0.156. The summed E-state index contributed by atoms with van der Waals surface area (Å²) in [5.74, 6) is -0.0986. The number of carbonyl (C=O) groups excluding carboxylic acids is 2. The second-order valence-corrected chi connectivity index (χ2v) is 7.22. The molecule has 1 aromatic carbocycles. The van der Waals surface area contributed by atoms with Gasteiger partial charge in [0.2, 0.25) is 0 Å². The number of carbonyl (C=O) groups is 2. The molecule has 0 bridgehead atoms. The summed E-state index contributed by atoms with van der Waals surface area (Å²) in [5.41, 5.74) is 1.24. The van der Waals surface area contributed by atoms with Crippen LogP contribution in [0, 0.1) is 11.8 Å². The molecule has 0 unspecified atom stereocenters. The Balaban J connectivity index is 1.89. The highest BCUT2D eigenvalue weighted by atomic mass is 16.5. The van der Waals surface area contributed by atoms with Crippen LogP contribution in [0.3, 0.4) is 0 Å². The number of likely N-dealkylation sites (tertiary alicyclic amines) is 1. The van der Waals surface area contributed by atoms with Crippen molar-refractivity contribution in [3.8, 4) is 0 Å². The Morgan fingerprint density at radius 2 is 1.43 bits per heavy atom. The minimum atomic E-state index is -0.205. The largest absolute Gasteiger partial charge is 0.465 e. The zero-order valence-corrected chi connectivity index (χ0v) is 16.6. The fraction of sp³-hybridized carbons (Fsp3) is 0.478. The first kappa shape index (κ1) is 21.9. The fourth-order valence-corrected chi connectivity index (χ4v) is 3.37. The van der Waals surface area contributed by atoms with Crippen molar-refractivity contribution in [3.63, 3.8) is 0 Å². The minimum Gasteiger partial charge on any atom is -0.465 e. The van der Waals surface area contributed by atoms with E-state index in [1.165, 1.54) is 5.56 Å². The lowest BCUT2D eigenvalue weighted by Gasteiger charge is -2.18. The maximum absolute atomic E-state index is 11.8. The molecule has 1 fully saturated rings. The molecule has 2 rings (SSSR count). The van der Waals surface area contributed by atoms with Crippen molar-refractivity contribution in [2.75, 3.05) is 26.3 Å². The third-order valence-electron chi connectivity index (χ3n) is 4.92. The summed E-state index contributed by atoms with van der Waals surface area (Å²) in [6.45, 7) is 10.4. The van der Waals surface area contributed by atoms with E-state index in [2.05, 4.69) is 30.2 Å². The number of nitrogens with zero attached hydrogens (tertiary/aromatic N) is 1. The molecule has 0 saturated carbocycles. The summed E-state index contributed by atoms with van der Waals surface area (Å²) in [6, 6.07) is 10.3. The van der Waals surface area contributed by atoms with Gasteiger partial charge in [-0.2, -0.15) is 0 Å². The molecule has 0 spiro atoms. The van der Waals surface area contributed by atoms with E-state index in [4.69, 9.17) is 9.47 Å². The van der Waals surface area contributed by atoms with Crippen LogP contribution in [0.2, 0.25) is 0 Å². The predicted molar refractivity (Wildman–Crippen MR) is 109 cm³/mol. The molecule has 1 aliphatic rings. The topological polar surface area (TPSA) is 55.8 Å². The molecule has 5 heteroatoms. The molecule has 0 radical (unpaired) electrons. The van der Waals surface area contributed by atoms with Gasteiger partial charge in [-0.3, -0.25) is 14.5 Å². The van der Waals surface area contributed by atoms with E-state index in [9.17, 15) is 9.59 Å². The predicted octanol–water partition coefficient (Wildman–Crippen LogP) is 3.75. The quantitative estimate of drug-likeness (QED) is 0.405. The summed E-state index contributed by atoms with van der Waals surface area (Å²) in [5, 5.41) is 0. The molecule has 1 heterocycles. The summed E-state index contributed by atoms with van der Waals surface area (Å²) < 4.78 is 10.9. The lowest BCUT2D eigenvalue weighted by Crippen LogP contribution is -2.25. The Hall–Kier alpha value is -2.40. The monoisotopic (exact) mass is 385 g/mol. The van der Waals surface area contributed by atoms with Crippen LogP contribution in [0.25, 0.3) is 0 Å². The van der Waals surface area contributed by atoms with E-state index >= 15 is 0 Å². The van der Waals surface area contributed by atoms with Gasteiger partial charge >= 0.3 is 11.9 Å². The number of allylic oxidation sites excluding steroid dienone is 2. The summed E-state index contributed by atoms with van der Waals surface area (Å²) in [4.78, 5) is 26.0. The highest BCUT2D eigenvalue weighted by Gasteiger charge is 2.34. The van der Waals surface area contributed by atoms with Crippen molar-refractivity contribution < 1.29 is 19.1 Å². The molecule has 152 valence electrons. The van der Waals surface area contributed by atoms with Gasteiger partial charge in [0, 0.05) is 44.3 Å². The Morgan fingerprint density at radius 1 is 0.929 bits per heavy atom. The maximum atomic E-state index is 11.8. The Kier molecular flexibility index (Phi) is 9.49. The molecule has 1 aromatic rings. The van der Waals surface area contributed by atoms with Crippen LogP contribution in [-0.4, -0.2) is 43.1 Å². The first-order valence-corrected chi connectivity index (χ1v) is 9.91. The van der Waals surface area contributed by atoms with Crippen LogP contribution in [-0.2, 0) is 25.6 Å². The average Bonchev–Trinajstić information content (AvgIpc) is 3.09. The van der Waals surface area contributed by atoms with Crippen molar-refractivity contribution in [2.24, 2.45) is 11.8 Å². The SMILES string of the molecule is C=CCCC(=O)OC[C@@H]1CN(Cc2ccccc2)C[C@H]1COC(=O)CCC=C. The molecule has 5 nitrogen and oxygen atoms in total. The van der Waals surface area contributed by atoms with E-state index in [0.29, 0.717) is 38.9 Å². The van der Waals surface area contributed by atoms with E-state index in [-0.39, 0.29) is 23.8 Å². The smallest absolute Gasteiger partial charge is 0.306 e. The third-order valence-corrected chi connectivity index (χ3v) is 4.92. The molecular formula is C23H31NO4. The zero-order valence-electron chi connectivity index (χ0n) is 16.6. The molecule has 0 aromatic heterocycles. The van der Waals surface area contributed by atoms with Gasteiger partial charge in [-0.25, -0.2) is 0 Å². The van der Waals surface area contributed by atoms with Gasteiger partial charge in [-0.15, -0.1) is 13.2 Å². The van der Waals surface area contributed by atoms with E-state index in [1.54, 1.807) is 12.2 Å². The van der Waals surface area contributed by atoms with Crippen LogP contribution in [0.4, 0.5) is 0 Å². The lowest BCUT2D eigenvalue weighted by molar-refractivity contribution is -0.148. The van der Waals surface area contributed by atoms with Crippen LogP contribution in [0.1, 0.15) is 31.2 Å². The van der Waals surface area contributed by atoms with Gasteiger partial charge in [-0.05, 0) is 18.4 Å². The number of ether oxygens (including phenoxy) is 2. The second kappa shape index (κ2) is 12.1. The van der Waals surface area contributed by atoms with Gasteiger partial charge in [-0.1, -0.05) is 42.5 Å². The molecule has 28 heavy (non-hydrogen) atoms. The number of hydrogen-bond acceptors (Lipinski definition) is 5. The summed E-state index contributed by atoms with van der Waals surface area (Å²) in [6.07, 6.45) is 5.37. The van der Waals surface area contributed by atoms with Gasteiger partial charge in [0.1, 0.15) is 0 Å². The Morgan fingerprint density at radius 3 is 1.89 bits per heavy atom. The van der Waals surface area contributed by atoms with Gasteiger partial charge in [0.15, 0.2) is 0 Å². The average molecular weight is 386 g/mol. The van der Waals surface area contributed by atoms with E-state index < -0.39 is 0 Å². The highest BCUT2D eigenvalue weighted by molar-refractivity contribution is 5.69. The number of rotatable bonds is 12. The molecule has 1 saturated heterocycles. The third kappa shape index (κ3) is 7.69. The standard InChI is InChI=1S/C23H31NO4/c1-3-5-12-22(25)27-17-20-15-24(14-19-10-8-7-9-11-19)16-21(20)18-28-23(26)13-6-4-2/h3-4,7-11,20-21H,1-2,5-6,12-18H2/t20-,21-/m0/s1. The maximum Gasteiger partial charge on any atom is 0.306 e. The summed E-state index contributed by atoms with van der Waals surface area (Å²) in [7, 11) is 0. The van der Waals surface area contributed by atoms with Crippen molar-refractivity contribution in [3.05, 3.63) is 61.2 Å². The number of hydrogen-bond donors (Lipinski definition) is 0. The Bertz CT molecular complexity index is 607. The second-order valence-electron chi connectivity index (χ2n) is 7.22. The van der Waals surface area contributed by atoms with Crippen LogP contribution in [0.15, 0.2) is 55.6 Å². The van der Waals surface area contributed by atoms with Crippen LogP contribution < -0.4 is 0 Å². The van der Waals surface area contributed by atoms with Gasteiger partial charge in [0.05, 0.1) is 13.2 Å². The first-order chi connectivity index (χ1) is 13.6. The summed E-state index contributed by atoms with van der Waals surface area (Å²) >= 11 is 0. The van der Waals surface area contributed by atoms with Gasteiger partial charge < -0.3 is 9.47 Å². The van der Waals surface area contributed by atoms with Crippen LogP contribution >= 0.6 is 0 Å². The normalized spacial score (nSPS) is 19.1.